The highest BCUT2D eigenvalue weighted by Crippen LogP contribution is 2.61. The molecular weight excluding hydrogens is 644 g/mol. The highest BCUT2D eigenvalue weighted by Gasteiger charge is 2.63. The van der Waals surface area contributed by atoms with Crippen LogP contribution in [0.25, 0.3) is 0 Å². The summed E-state index contributed by atoms with van der Waals surface area (Å²) in [6.45, 7) is 24.9. The first-order valence-corrected chi connectivity index (χ1v) is 17.7. The number of hydrogen-bond acceptors (Lipinski definition) is 8. The van der Waals surface area contributed by atoms with Gasteiger partial charge in [-0.3, -0.25) is 19.2 Å². The number of Topliss-reactive ketones (excluding diaryl/α,β-unsaturated/α-hetero) is 2. The molecule has 0 aromatic carbocycles. The van der Waals surface area contributed by atoms with E-state index in [0.29, 0.717) is 24.0 Å². The minimum absolute atomic E-state index is 0.0204. The van der Waals surface area contributed by atoms with Gasteiger partial charge in [0, 0.05) is 16.7 Å². The Balaban J connectivity index is 0.000000277. The van der Waals surface area contributed by atoms with Crippen LogP contribution >= 0.6 is 0 Å². The van der Waals surface area contributed by atoms with Gasteiger partial charge in [0.2, 0.25) is 0 Å². The maximum atomic E-state index is 12.7. The Morgan fingerprint density at radius 1 is 0.725 bits per heavy atom. The molecule has 0 aliphatic heterocycles. The van der Waals surface area contributed by atoms with Crippen molar-refractivity contribution in [3.8, 4) is 0 Å². The number of hydrogen-bond donors (Lipinski definition) is 0. The fraction of sp³-hybridized carbons (Fsp3) is 0.512. The molecule has 0 aromatic rings. The first-order valence-electron chi connectivity index (χ1n) is 17.7. The van der Waals surface area contributed by atoms with Crippen LogP contribution in [0, 0.1) is 34.5 Å². The van der Waals surface area contributed by atoms with E-state index in [1.165, 1.54) is 12.7 Å². The summed E-state index contributed by atoms with van der Waals surface area (Å²) < 4.78 is 16.1. The predicted octanol–water partition coefficient (Wildman–Crippen LogP) is 8.27. The van der Waals surface area contributed by atoms with E-state index in [1.54, 1.807) is 31.2 Å². The number of carbonyl (C=O) groups is 5. The zero-order chi connectivity index (χ0) is 38.4. The fourth-order valence-electron chi connectivity index (χ4n) is 7.25. The average Bonchev–Trinajstić information content (AvgIpc) is 3.70. The Morgan fingerprint density at radius 3 is 1.47 bits per heavy atom. The lowest BCUT2D eigenvalue weighted by molar-refractivity contribution is -0.151. The molecule has 0 unspecified atom stereocenters. The van der Waals surface area contributed by atoms with E-state index in [2.05, 4.69) is 33.1 Å². The summed E-state index contributed by atoms with van der Waals surface area (Å²) in [7, 11) is 1.33. The van der Waals surface area contributed by atoms with E-state index in [4.69, 9.17) is 14.2 Å². The molecule has 276 valence electrons. The molecule has 0 bridgehead atoms. The van der Waals surface area contributed by atoms with Crippen LogP contribution in [0.5, 0.6) is 0 Å². The van der Waals surface area contributed by atoms with E-state index in [-0.39, 0.29) is 70.8 Å². The van der Waals surface area contributed by atoms with Crippen LogP contribution in [0.1, 0.15) is 88.0 Å². The summed E-state index contributed by atoms with van der Waals surface area (Å²) in [6, 6.07) is 0. The van der Waals surface area contributed by atoms with Gasteiger partial charge in [0.15, 0.2) is 11.6 Å². The lowest BCUT2D eigenvalue weighted by atomic mass is 10.1. The lowest BCUT2D eigenvalue weighted by Crippen LogP contribution is -2.20. The maximum Gasteiger partial charge on any atom is 0.333 e. The van der Waals surface area contributed by atoms with Crippen molar-refractivity contribution in [1.29, 1.82) is 0 Å². The third kappa shape index (κ3) is 9.52. The van der Waals surface area contributed by atoms with Crippen LogP contribution < -0.4 is 0 Å². The van der Waals surface area contributed by atoms with Gasteiger partial charge in [-0.1, -0.05) is 95.0 Å². The minimum atomic E-state index is -0.500. The molecule has 0 aromatic heterocycles. The molecule has 4 aliphatic rings. The fourth-order valence-corrected chi connectivity index (χ4v) is 7.25. The topological polar surface area (TPSA) is 113 Å². The van der Waals surface area contributed by atoms with E-state index in [9.17, 15) is 24.0 Å². The molecule has 0 radical (unpaired) electrons. The Bertz CT molecular complexity index is 1630. The Morgan fingerprint density at radius 2 is 1.12 bits per heavy atom. The number of esters is 3. The molecule has 4 aliphatic carbocycles. The number of ketones is 2. The maximum absolute atomic E-state index is 12.7. The second-order valence-corrected chi connectivity index (χ2v) is 15.4. The number of ether oxygens (including phenoxy) is 3. The van der Waals surface area contributed by atoms with Gasteiger partial charge >= 0.3 is 17.9 Å². The van der Waals surface area contributed by atoms with Crippen LogP contribution in [0.15, 0.2) is 95.2 Å². The summed E-state index contributed by atoms with van der Waals surface area (Å²) in [5.74, 6) is -1.10. The van der Waals surface area contributed by atoms with Gasteiger partial charge < -0.3 is 14.2 Å². The smallest absolute Gasteiger partial charge is 0.333 e. The highest BCUT2D eigenvalue weighted by atomic mass is 16.6. The van der Waals surface area contributed by atoms with Crippen LogP contribution in [0.4, 0.5) is 0 Å². The lowest BCUT2D eigenvalue weighted by Gasteiger charge is -2.13. The number of rotatable bonds is 13. The third-order valence-corrected chi connectivity index (χ3v) is 10.8. The monoisotopic (exact) mass is 700 g/mol. The van der Waals surface area contributed by atoms with Crippen molar-refractivity contribution in [1.82, 2.24) is 0 Å². The van der Waals surface area contributed by atoms with E-state index < -0.39 is 18.2 Å². The zero-order valence-electron chi connectivity index (χ0n) is 32.1. The molecule has 8 nitrogen and oxygen atoms in total. The van der Waals surface area contributed by atoms with E-state index in [0.717, 1.165) is 16.7 Å². The predicted molar refractivity (Wildman–Crippen MR) is 199 cm³/mol. The second kappa shape index (κ2) is 16.8. The van der Waals surface area contributed by atoms with Crippen molar-refractivity contribution in [2.45, 2.75) is 100 Å². The molecule has 8 heteroatoms. The molecule has 51 heavy (non-hydrogen) atoms. The first-order chi connectivity index (χ1) is 23.8. The molecule has 2 fully saturated rings. The van der Waals surface area contributed by atoms with Gasteiger partial charge in [0.25, 0.3) is 0 Å². The van der Waals surface area contributed by atoms with Crippen molar-refractivity contribution in [3.63, 3.8) is 0 Å². The van der Waals surface area contributed by atoms with Gasteiger partial charge in [0.05, 0.1) is 31.8 Å². The van der Waals surface area contributed by atoms with Gasteiger partial charge in [-0.25, -0.2) is 4.79 Å². The van der Waals surface area contributed by atoms with Crippen molar-refractivity contribution in [2.24, 2.45) is 34.5 Å². The van der Waals surface area contributed by atoms with Gasteiger partial charge in [-0.05, 0) is 81.3 Å². The Hall–Kier alpha value is -4.33. The highest BCUT2D eigenvalue weighted by molar-refractivity contribution is 6.01. The van der Waals surface area contributed by atoms with Crippen molar-refractivity contribution >= 4 is 29.5 Å². The molecule has 0 saturated heterocycles. The standard InChI is InChI=1S/C22H28O5.C21H28O3/c1-7-8-9-10-15-14(3)18(12-17(15)23)27-21(25)19-16(22(19,4)5)11-13(2)20(24)26-6;1-7-8-9-10-15-14(4)18(12-17(15)22)24-20(23)19-16(11-13(2)3)21(19,5)6/h7-9,11,16,18-19H,1,10,12H2,2-6H3;7-9,11,16,18-19H,1,10,12H2,2-6H3/b9-8-,13-11+;9-8-/t2*16-,18+,19+/m11/s1. The number of allylic oxidation sites excluding steroid dienone is 11. The molecular formula is C43H56O8. The molecule has 4 rings (SSSR count). The van der Waals surface area contributed by atoms with Crippen molar-refractivity contribution in [3.05, 3.63) is 95.2 Å². The van der Waals surface area contributed by atoms with E-state index in [1.807, 2.05) is 59.8 Å². The van der Waals surface area contributed by atoms with Crippen molar-refractivity contribution in [2.75, 3.05) is 7.11 Å². The van der Waals surface area contributed by atoms with Gasteiger partial charge in [0.1, 0.15) is 12.2 Å². The third-order valence-electron chi connectivity index (χ3n) is 10.8. The Labute approximate surface area is 304 Å². The zero-order valence-corrected chi connectivity index (χ0v) is 32.1. The molecule has 6 atom stereocenters. The largest absolute Gasteiger partial charge is 0.466 e. The summed E-state index contributed by atoms with van der Waals surface area (Å²) in [5.41, 5.74) is 4.52. The molecule has 0 heterocycles. The van der Waals surface area contributed by atoms with Crippen LogP contribution in [-0.4, -0.2) is 48.8 Å². The molecule has 0 spiro atoms. The number of methoxy groups -OCH3 is 1. The summed E-state index contributed by atoms with van der Waals surface area (Å²) >= 11 is 0. The summed E-state index contributed by atoms with van der Waals surface area (Å²) in [4.78, 5) is 61.3. The molecule has 0 amide bonds. The minimum Gasteiger partial charge on any atom is -0.466 e. The normalized spacial score (nSPS) is 27.6. The van der Waals surface area contributed by atoms with Crippen LogP contribution in [-0.2, 0) is 38.2 Å². The van der Waals surface area contributed by atoms with Crippen LogP contribution in [0.3, 0.4) is 0 Å². The average molecular weight is 701 g/mol. The van der Waals surface area contributed by atoms with Gasteiger partial charge in [-0.15, -0.1) is 0 Å². The SMILES string of the molecule is C=C/C=C\CC1=C(C)[C@@H](OC(=O)[C@@H]2[C@@H](/C=C(\C)C(=O)OC)C2(C)C)CC1=O.C=C/C=C\CC1=C(C)[C@@H](OC(=O)[C@@H]2[C@@H](C=C(C)C)C2(C)C)CC1=O. The molecule has 0 N–H and O–H groups in total. The van der Waals surface area contributed by atoms with E-state index >= 15 is 0 Å². The van der Waals surface area contributed by atoms with Gasteiger partial charge in [-0.2, -0.15) is 0 Å². The Kier molecular flexibility index (Phi) is 13.5. The summed E-state index contributed by atoms with van der Waals surface area (Å²) in [6.07, 6.45) is 15.3. The second-order valence-electron chi connectivity index (χ2n) is 15.4. The van der Waals surface area contributed by atoms with Crippen LogP contribution in [0.2, 0.25) is 0 Å². The summed E-state index contributed by atoms with van der Waals surface area (Å²) in [5, 5.41) is 0. The molecule has 2 saturated carbocycles. The van der Waals surface area contributed by atoms with Crippen molar-refractivity contribution < 1.29 is 38.2 Å². The first kappa shape index (κ1) is 41.1. The quantitative estimate of drug-likeness (QED) is 0.0621. The number of carbonyl (C=O) groups excluding carboxylic acids is 5.